The molecule has 6 heteroatoms. The van der Waals surface area contributed by atoms with Crippen LogP contribution in [0, 0.1) is 13.8 Å². The van der Waals surface area contributed by atoms with Crippen LogP contribution in [-0.2, 0) is 11.3 Å². The van der Waals surface area contributed by atoms with E-state index in [0.717, 1.165) is 56.1 Å². The number of aryl methyl sites for hydroxylation is 2. The highest BCUT2D eigenvalue weighted by atomic mass is 35.5. The SMILES string of the molecule is COc1c(C)cc(CN(C)CCC(=O)N2CCNCC2)cc1C.Cl. The van der Waals surface area contributed by atoms with E-state index in [9.17, 15) is 4.79 Å². The largest absolute Gasteiger partial charge is 0.496 e. The van der Waals surface area contributed by atoms with Crippen molar-refractivity contribution in [2.45, 2.75) is 26.8 Å². The maximum Gasteiger partial charge on any atom is 0.223 e. The molecule has 1 N–H and O–H groups in total. The summed E-state index contributed by atoms with van der Waals surface area (Å²) in [4.78, 5) is 16.4. The molecule has 0 aromatic heterocycles. The lowest BCUT2D eigenvalue weighted by Gasteiger charge is -2.28. The average molecular weight is 356 g/mol. The molecule has 1 amide bonds. The molecule has 0 unspecified atom stereocenters. The first-order valence-electron chi connectivity index (χ1n) is 8.32. The number of hydrogen-bond acceptors (Lipinski definition) is 4. The van der Waals surface area contributed by atoms with Gasteiger partial charge in [0, 0.05) is 45.7 Å². The normalized spacial score (nSPS) is 14.5. The highest BCUT2D eigenvalue weighted by Crippen LogP contribution is 2.24. The van der Waals surface area contributed by atoms with Crippen molar-refractivity contribution in [1.29, 1.82) is 0 Å². The Balaban J connectivity index is 0.00000288. The van der Waals surface area contributed by atoms with Crippen molar-refractivity contribution in [3.63, 3.8) is 0 Å². The summed E-state index contributed by atoms with van der Waals surface area (Å²) in [5.74, 6) is 1.23. The van der Waals surface area contributed by atoms with Gasteiger partial charge < -0.3 is 19.9 Å². The molecule has 0 atom stereocenters. The number of carbonyl (C=O) groups excluding carboxylic acids is 1. The van der Waals surface area contributed by atoms with Crippen LogP contribution in [0.3, 0.4) is 0 Å². The average Bonchev–Trinajstić information content (AvgIpc) is 2.53. The molecule has 136 valence electrons. The Bertz CT molecular complexity index is 522. The molecule has 1 heterocycles. The number of benzene rings is 1. The molecule has 0 radical (unpaired) electrons. The molecular weight excluding hydrogens is 326 g/mol. The van der Waals surface area contributed by atoms with E-state index in [1.807, 2.05) is 4.90 Å². The van der Waals surface area contributed by atoms with Gasteiger partial charge in [0.15, 0.2) is 0 Å². The first-order valence-corrected chi connectivity index (χ1v) is 8.32. The molecule has 0 saturated carbocycles. The van der Waals surface area contributed by atoms with Crippen molar-refractivity contribution in [1.82, 2.24) is 15.1 Å². The molecule has 1 fully saturated rings. The lowest BCUT2D eigenvalue weighted by molar-refractivity contribution is -0.132. The maximum atomic E-state index is 12.2. The van der Waals surface area contributed by atoms with Crippen LogP contribution in [0.1, 0.15) is 23.1 Å². The maximum absolute atomic E-state index is 12.2. The second-order valence-electron chi connectivity index (χ2n) is 6.38. The quantitative estimate of drug-likeness (QED) is 0.847. The number of nitrogens with zero attached hydrogens (tertiary/aromatic N) is 2. The van der Waals surface area contributed by atoms with Gasteiger partial charge in [-0.05, 0) is 37.6 Å². The van der Waals surface area contributed by atoms with Crippen LogP contribution in [0.5, 0.6) is 5.75 Å². The first kappa shape index (κ1) is 20.7. The molecule has 0 aliphatic carbocycles. The van der Waals surface area contributed by atoms with Crippen molar-refractivity contribution >= 4 is 18.3 Å². The lowest BCUT2D eigenvalue weighted by atomic mass is 10.1. The number of piperazine rings is 1. The monoisotopic (exact) mass is 355 g/mol. The van der Waals surface area contributed by atoms with Crippen molar-refractivity contribution in [3.05, 3.63) is 28.8 Å². The molecular formula is C18H30ClN3O2. The zero-order chi connectivity index (χ0) is 16.8. The Morgan fingerprint density at radius 3 is 2.38 bits per heavy atom. The van der Waals surface area contributed by atoms with E-state index in [1.165, 1.54) is 5.56 Å². The lowest BCUT2D eigenvalue weighted by Crippen LogP contribution is -2.47. The third-order valence-electron chi connectivity index (χ3n) is 4.35. The zero-order valence-electron chi connectivity index (χ0n) is 15.2. The first-order chi connectivity index (χ1) is 11.0. The summed E-state index contributed by atoms with van der Waals surface area (Å²) < 4.78 is 5.41. The van der Waals surface area contributed by atoms with Gasteiger partial charge in [-0.25, -0.2) is 0 Å². The van der Waals surface area contributed by atoms with Gasteiger partial charge in [-0.2, -0.15) is 0 Å². The molecule has 0 bridgehead atoms. The van der Waals surface area contributed by atoms with Crippen LogP contribution in [-0.4, -0.2) is 62.6 Å². The number of carbonyl (C=O) groups is 1. The predicted octanol–water partition coefficient (Wildman–Crippen LogP) is 1.99. The molecule has 1 aliphatic heterocycles. The molecule has 2 rings (SSSR count). The fraction of sp³-hybridized carbons (Fsp3) is 0.611. The topological polar surface area (TPSA) is 44.8 Å². The third-order valence-corrected chi connectivity index (χ3v) is 4.35. The van der Waals surface area contributed by atoms with Gasteiger partial charge >= 0.3 is 0 Å². The summed E-state index contributed by atoms with van der Waals surface area (Å²) in [6, 6.07) is 4.33. The highest BCUT2D eigenvalue weighted by Gasteiger charge is 2.16. The Kier molecular flexibility index (Phi) is 8.53. The smallest absolute Gasteiger partial charge is 0.223 e. The van der Waals surface area contributed by atoms with E-state index >= 15 is 0 Å². The van der Waals surface area contributed by atoms with Gasteiger partial charge in [-0.1, -0.05) is 12.1 Å². The van der Waals surface area contributed by atoms with E-state index in [1.54, 1.807) is 7.11 Å². The molecule has 0 spiro atoms. The van der Waals surface area contributed by atoms with E-state index in [-0.39, 0.29) is 18.3 Å². The molecule has 1 saturated heterocycles. The zero-order valence-corrected chi connectivity index (χ0v) is 16.0. The van der Waals surface area contributed by atoms with Crippen LogP contribution in [0.4, 0.5) is 0 Å². The van der Waals surface area contributed by atoms with E-state index < -0.39 is 0 Å². The van der Waals surface area contributed by atoms with E-state index in [2.05, 4.69) is 43.2 Å². The van der Waals surface area contributed by atoms with Crippen molar-refractivity contribution in [2.75, 3.05) is 46.9 Å². The number of methoxy groups -OCH3 is 1. The van der Waals surface area contributed by atoms with E-state index in [0.29, 0.717) is 6.42 Å². The van der Waals surface area contributed by atoms with Crippen molar-refractivity contribution in [3.8, 4) is 5.75 Å². The van der Waals surface area contributed by atoms with Gasteiger partial charge in [0.2, 0.25) is 5.91 Å². The number of ether oxygens (including phenoxy) is 1. The number of nitrogens with one attached hydrogen (secondary N) is 1. The number of halogens is 1. The van der Waals surface area contributed by atoms with E-state index in [4.69, 9.17) is 4.74 Å². The van der Waals surface area contributed by atoms with Gasteiger partial charge in [0.05, 0.1) is 7.11 Å². The second-order valence-corrected chi connectivity index (χ2v) is 6.38. The molecule has 1 aliphatic rings. The van der Waals surface area contributed by atoms with Gasteiger partial charge in [-0.3, -0.25) is 4.79 Å². The summed E-state index contributed by atoms with van der Waals surface area (Å²) in [6.07, 6.45) is 0.588. The van der Waals surface area contributed by atoms with Gasteiger partial charge in [0.1, 0.15) is 5.75 Å². The van der Waals surface area contributed by atoms with Crippen LogP contribution >= 0.6 is 12.4 Å². The minimum atomic E-state index is 0. The summed E-state index contributed by atoms with van der Waals surface area (Å²) in [5, 5.41) is 3.27. The Morgan fingerprint density at radius 1 is 1.25 bits per heavy atom. The fourth-order valence-electron chi connectivity index (χ4n) is 3.20. The number of rotatable bonds is 6. The fourth-order valence-corrected chi connectivity index (χ4v) is 3.20. The molecule has 1 aromatic rings. The summed E-state index contributed by atoms with van der Waals surface area (Å²) >= 11 is 0. The molecule has 5 nitrogen and oxygen atoms in total. The van der Waals surface area contributed by atoms with Crippen LogP contribution in [0.25, 0.3) is 0 Å². The van der Waals surface area contributed by atoms with Crippen molar-refractivity contribution < 1.29 is 9.53 Å². The Labute approximate surface area is 151 Å². The summed E-state index contributed by atoms with van der Waals surface area (Å²) in [6.45, 7) is 9.26. The number of hydrogen-bond donors (Lipinski definition) is 1. The van der Waals surface area contributed by atoms with Crippen molar-refractivity contribution in [2.24, 2.45) is 0 Å². The van der Waals surface area contributed by atoms with Gasteiger partial charge in [0.25, 0.3) is 0 Å². The van der Waals surface area contributed by atoms with Crippen LogP contribution < -0.4 is 10.1 Å². The van der Waals surface area contributed by atoms with Gasteiger partial charge in [-0.15, -0.1) is 12.4 Å². The van der Waals surface area contributed by atoms with Crippen LogP contribution in [0.2, 0.25) is 0 Å². The summed E-state index contributed by atoms with van der Waals surface area (Å²) in [7, 11) is 3.78. The predicted molar refractivity (Wildman–Crippen MR) is 100 cm³/mol. The summed E-state index contributed by atoms with van der Waals surface area (Å²) in [5.41, 5.74) is 3.58. The number of amides is 1. The minimum Gasteiger partial charge on any atom is -0.496 e. The second kappa shape index (κ2) is 9.87. The standard InChI is InChI=1S/C18H29N3O2.ClH/c1-14-11-16(12-15(2)18(14)23-4)13-20(3)8-5-17(22)21-9-6-19-7-10-21;/h11-12,19H,5-10,13H2,1-4H3;1H. The Hall–Kier alpha value is -1.30. The minimum absolute atomic E-state index is 0. The molecule has 24 heavy (non-hydrogen) atoms. The highest BCUT2D eigenvalue weighted by molar-refractivity contribution is 5.85. The third kappa shape index (κ3) is 5.65. The van der Waals surface area contributed by atoms with Crippen LogP contribution in [0.15, 0.2) is 12.1 Å². The molecule has 1 aromatic carbocycles. The Morgan fingerprint density at radius 2 is 1.83 bits per heavy atom.